The number of carboxylic acid groups (broad SMARTS) is 1. The van der Waals surface area contributed by atoms with Crippen LogP contribution in [0, 0.1) is 0 Å². The van der Waals surface area contributed by atoms with Gasteiger partial charge in [-0.1, -0.05) is 30.3 Å². The van der Waals surface area contributed by atoms with E-state index < -0.39 is 21.4 Å². The number of piperidine rings is 1. The molecule has 0 unspecified atom stereocenters. The standard InChI is InChI=1S/C16H15Br2NO4S2/c17-12-10-13(24-14(12)18)25(22,23)19-8-6-16(7-9-19,15(20)21)11-4-2-1-3-5-11/h1-5,10H,6-9H2,(H,20,21). The van der Waals surface area contributed by atoms with Crippen molar-refractivity contribution in [3.63, 3.8) is 0 Å². The summed E-state index contributed by atoms with van der Waals surface area (Å²) in [7, 11) is -3.62. The number of carboxylic acids is 1. The number of halogens is 2. The van der Waals surface area contributed by atoms with Gasteiger partial charge in [0.05, 0.1) is 9.20 Å². The molecule has 0 bridgehead atoms. The van der Waals surface area contributed by atoms with Gasteiger partial charge in [-0.05, 0) is 56.3 Å². The number of thiophene rings is 1. The molecule has 1 aliphatic heterocycles. The second-order valence-corrected chi connectivity index (χ2v) is 11.2. The van der Waals surface area contributed by atoms with Crippen LogP contribution in [-0.4, -0.2) is 36.9 Å². The lowest BCUT2D eigenvalue weighted by Gasteiger charge is -2.38. The summed E-state index contributed by atoms with van der Waals surface area (Å²) in [6.07, 6.45) is 0.499. The summed E-state index contributed by atoms with van der Waals surface area (Å²) < 4.78 is 28.7. The number of carbonyl (C=O) groups is 1. The highest BCUT2D eigenvalue weighted by Crippen LogP contribution is 2.40. The van der Waals surface area contributed by atoms with Gasteiger partial charge < -0.3 is 5.11 Å². The van der Waals surface area contributed by atoms with E-state index in [0.29, 0.717) is 8.26 Å². The van der Waals surface area contributed by atoms with E-state index in [1.54, 1.807) is 18.2 Å². The molecule has 0 aliphatic carbocycles. The third-order valence-electron chi connectivity index (χ3n) is 4.53. The quantitative estimate of drug-likeness (QED) is 0.675. The SMILES string of the molecule is O=C(O)C1(c2ccccc2)CCN(S(=O)(=O)c2cc(Br)c(Br)s2)CC1. The maximum Gasteiger partial charge on any atom is 0.314 e. The molecule has 1 saturated heterocycles. The summed E-state index contributed by atoms with van der Waals surface area (Å²) >= 11 is 7.76. The molecule has 1 aliphatic rings. The largest absolute Gasteiger partial charge is 0.481 e. The fourth-order valence-corrected chi connectivity index (χ4v) is 7.49. The molecule has 134 valence electrons. The van der Waals surface area contributed by atoms with Crippen LogP contribution in [0.5, 0.6) is 0 Å². The highest BCUT2D eigenvalue weighted by Gasteiger charge is 2.45. The van der Waals surface area contributed by atoms with Crippen LogP contribution in [0.25, 0.3) is 0 Å². The number of hydrogen-bond acceptors (Lipinski definition) is 4. The molecule has 3 rings (SSSR count). The van der Waals surface area contributed by atoms with E-state index in [9.17, 15) is 18.3 Å². The summed E-state index contributed by atoms with van der Waals surface area (Å²) in [5, 5.41) is 9.81. The maximum atomic E-state index is 12.8. The van der Waals surface area contributed by atoms with Crippen LogP contribution in [0.1, 0.15) is 18.4 Å². The van der Waals surface area contributed by atoms with Crippen molar-refractivity contribution in [1.29, 1.82) is 0 Å². The van der Waals surface area contributed by atoms with Crippen LogP contribution >= 0.6 is 43.2 Å². The molecular formula is C16H15Br2NO4S2. The first kappa shape index (κ1) is 19.0. The number of hydrogen-bond donors (Lipinski definition) is 1. The van der Waals surface area contributed by atoms with E-state index in [2.05, 4.69) is 31.9 Å². The number of nitrogens with zero attached hydrogens (tertiary/aromatic N) is 1. The normalized spacial score (nSPS) is 18.2. The molecule has 2 aromatic rings. The highest BCUT2D eigenvalue weighted by atomic mass is 79.9. The Labute approximate surface area is 167 Å². The summed E-state index contributed by atoms with van der Waals surface area (Å²) in [4.78, 5) is 12.0. The van der Waals surface area contributed by atoms with Crippen LogP contribution in [0.15, 0.2) is 48.9 Å². The minimum absolute atomic E-state index is 0.177. The lowest BCUT2D eigenvalue weighted by Crippen LogP contribution is -2.48. The molecular weight excluding hydrogens is 494 g/mol. The Balaban J connectivity index is 1.86. The predicted octanol–water partition coefficient (Wildman–Crippen LogP) is 4.08. The smallest absolute Gasteiger partial charge is 0.314 e. The monoisotopic (exact) mass is 507 g/mol. The fourth-order valence-electron chi connectivity index (χ4n) is 3.07. The second-order valence-electron chi connectivity index (χ2n) is 5.84. The number of benzene rings is 1. The third kappa shape index (κ3) is 3.44. The van der Waals surface area contributed by atoms with E-state index in [-0.39, 0.29) is 30.1 Å². The van der Waals surface area contributed by atoms with Crippen molar-refractivity contribution < 1.29 is 18.3 Å². The van der Waals surface area contributed by atoms with Gasteiger partial charge in [0, 0.05) is 17.6 Å². The van der Waals surface area contributed by atoms with Crippen LogP contribution in [-0.2, 0) is 20.2 Å². The first-order valence-electron chi connectivity index (χ1n) is 7.51. The van der Waals surface area contributed by atoms with Crippen molar-refractivity contribution in [2.24, 2.45) is 0 Å². The number of aliphatic carboxylic acids is 1. The molecule has 5 nitrogen and oxygen atoms in total. The van der Waals surface area contributed by atoms with Crippen LogP contribution in [0.3, 0.4) is 0 Å². The van der Waals surface area contributed by atoms with Crippen molar-refractivity contribution in [1.82, 2.24) is 4.31 Å². The lowest BCUT2D eigenvalue weighted by atomic mass is 9.73. The summed E-state index contributed by atoms with van der Waals surface area (Å²) in [5.74, 6) is -0.905. The molecule has 0 amide bonds. The first-order valence-corrected chi connectivity index (χ1v) is 11.4. The van der Waals surface area contributed by atoms with Gasteiger partial charge in [-0.3, -0.25) is 4.79 Å². The summed E-state index contributed by atoms with van der Waals surface area (Å²) in [6, 6.07) is 10.6. The fraction of sp³-hybridized carbons (Fsp3) is 0.312. The van der Waals surface area contributed by atoms with Crippen molar-refractivity contribution in [3.8, 4) is 0 Å². The van der Waals surface area contributed by atoms with E-state index in [1.165, 1.54) is 4.31 Å². The van der Waals surface area contributed by atoms with Gasteiger partial charge in [0.25, 0.3) is 10.0 Å². The average Bonchev–Trinajstić information content (AvgIpc) is 2.95. The van der Waals surface area contributed by atoms with Gasteiger partial charge in [0.1, 0.15) is 4.21 Å². The van der Waals surface area contributed by atoms with Crippen molar-refractivity contribution in [2.45, 2.75) is 22.5 Å². The maximum absolute atomic E-state index is 12.8. The van der Waals surface area contributed by atoms with Gasteiger partial charge in [0.2, 0.25) is 0 Å². The third-order valence-corrected chi connectivity index (χ3v) is 10.1. The van der Waals surface area contributed by atoms with Crippen LogP contribution in [0.2, 0.25) is 0 Å². The molecule has 1 fully saturated rings. The molecule has 0 atom stereocenters. The Morgan fingerprint density at radius 2 is 1.76 bits per heavy atom. The van der Waals surface area contributed by atoms with Gasteiger partial charge in [-0.2, -0.15) is 4.31 Å². The van der Waals surface area contributed by atoms with E-state index in [0.717, 1.165) is 16.9 Å². The number of rotatable bonds is 4. The first-order chi connectivity index (χ1) is 11.8. The van der Waals surface area contributed by atoms with Gasteiger partial charge in [0.15, 0.2) is 0 Å². The van der Waals surface area contributed by atoms with Crippen molar-refractivity contribution >= 4 is 59.2 Å². The molecule has 0 spiro atoms. The van der Waals surface area contributed by atoms with Crippen molar-refractivity contribution in [3.05, 3.63) is 50.2 Å². The van der Waals surface area contributed by atoms with E-state index in [4.69, 9.17) is 0 Å². The van der Waals surface area contributed by atoms with E-state index in [1.807, 2.05) is 18.2 Å². The number of sulfonamides is 1. The predicted molar refractivity (Wildman–Crippen MR) is 103 cm³/mol. The van der Waals surface area contributed by atoms with Crippen LogP contribution in [0.4, 0.5) is 0 Å². The molecule has 1 aromatic carbocycles. The Hall–Kier alpha value is -0.740. The van der Waals surface area contributed by atoms with Gasteiger partial charge in [-0.15, -0.1) is 11.3 Å². The Morgan fingerprint density at radius 1 is 1.16 bits per heavy atom. The summed E-state index contributed by atoms with van der Waals surface area (Å²) in [6.45, 7) is 0.354. The summed E-state index contributed by atoms with van der Waals surface area (Å²) in [5.41, 5.74) is -0.315. The second kappa shape index (κ2) is 7.11. The molecule has 1 aromatic heterocycles. The molecule has 0 radical (unpaired) electrons. The zero-order chi connectivity index (χ0) is 18.2. The lowest BCUT2D eigenvalue weighted by molar-refractivity contribution is -0.145. The molecule has 0 saturated carbocycles. The highest BCUT2D eigenvalue weighted by molar-refractivity contribution is 9.13. The minimum atomic E-state index is -3.62. The topological polar surface area (TPSA) is 74.7 Å². The van der Waals surface area contributed by atoms with Gasteiger partial charge in [-0.25, -0.2) is 8.42 Å². The molecule has 9 heteroatoms. The Kier molecular flexibility index (Phi) is 5.41. The minimum Gasteiger partial charge on any atom is -0.481 e. The van der Waals surface area contributed by atoms with Crippen molar-refractivity contribution in [2.75, 3.05) is 13.1 Å². The molecule has 2 heterocycles. The molecule has 25 heavy (non-hydrogen) atoms. The van der Waals surface area contributed by atoms with Gasteiger partial charge >= 0.3 is 5.97 Å². The Morgan fingerprint density at radius 3 is 2.24 bits per heavy atom. The zero-order valence-electron chi connectivity index (χ0n) is 13.0. The Bertz CT molecular complexity index is 869. The van der Waals surface area contributed by atoms with E-state index >= 15 is 0 Å². The zero-order valence-corrected chi connectivity index (χ0v) is 17.8. The molecule has 1 N–H and O–H groups in total. The average molecular weight is 509 g/mol. The van der Waals surface area contributed by atoms with Crippen LogP contribution < -0.4 is 0 Å².